The average molecular weight is 246 g/mol. The van der Waals surface area contributed by atoms with E-state index in [1.165, 1.54) is 13.8 Å². The normalized spacial score (nSPS) is 9.22. The smallest absolute Gasteiger partial charge is 0.302 e. The Bertz CT molecular complexity index is 406. The van der Waals surface area contributed by atoms with Gasteiger partial charge in [0.1, 0.15) is 13.2 Å². The second kappa shape index (κ2) is 11.0. The third-order valence-corrected chi connectivity index (χ3v) is 1.37. The lowest BCUT2D eigenvalue weighted by Crippen LogP contribution is -1.96. The maximum Gasteiger partial charge on any atom is 0.302 e. The topological polar surface area (TPSA) is 52.6 Å². The van der Waals surface area contributed by atoms with Crippen LogP contribution in [0.4, 0.5) is 0 Å². The summed E-state index contributed by atoms with van der Waals surface area (Å²) in [5.41, 5.74) is 0. The molecule has 94 valence electrons. The van der Waals surface area contributed by atoms with Crippen molar-refractivity contribution in [2.45, 2.75) is 13.8 Å². The standard InChI is InChI=1S/C14H14O4/c1-13(15)17-11-9-7-5-3-4-6-8-10-12-18-14(2)16/h7-10H,11-12H2,1-2H3. The fraction of sp³-hybridized carbons (Fsp3) is 0.286. The predicted octanol–water partition coefficient (Wildman–Crippen LogP) is 1.23. The molecule has 0 bridgehead atoms. The van der Waals surface area contributed by atoms with Crippen LogP contribution in [-0.2, 0) is 19.1 Å². The molecule has 0 spiro atoms. The maximum absolute atomic E-state index is 10.4. The summed E-state index contributed by atoms with van der Waals surface area (Å²) in [6.45, 7) is 3.10. The number of allylic oxidation sites excluding steroid dienone is 2. The summed E-state index contributed by atoms with van der Waals surface area (Å²) in [4.78, 5) is 20.8. The molecule has 0 heterocycles. The number of hydrogen-bond donors (Lipinski definition) is 0. The molecule has 0 saturated carbocycles. The van der Waals surface area contributed by atoms with E-state index in [9.17, 15) is 9.59 Å². The van der Waals surface area contributed by atoms with E-state index in [0.29, 0.717) is 0 Å². The molecule has 0 radical (unpaired) electrons. The first-order valence-electron chi connectivity index (χ1n) is 5.20. The summed E-state index contributed by atoms with van der Waals surface area (Å²) >= 11 is 0. The van der Waals surface area contributed by atoms with Gasteiger partial charge in [0, 0.05) is 13.8 Å². The van der Waals surface area contributed by atoms with Crippen molar-refractivity contribution in [3.63, 3.8) is 0 Å². The lowest BCUT2D eigenvalue weighted by molar-refractivity contribution is -0.140. The van der Waals surface area contributed by atoms with E-state index < -0.39 is 0 Å². The fourth-order valence-electron chi connectivity index (χ4n) is 0.701. The fourth-order valence-corrected chi connectivity index (χ4v) is 0.701. The molecule has 4 heteroatoms. The molecule has 0 aliphatic heterocycles. The number of hydrogen-bond acceptors (Lipinski definition) is 4. The van der Waals surface area contributed by atoms with E-state index >= 15 is 0 Å². The van der Waals surface area contributed by atoms with Gasteiger partial charge in [-0.05, 0) is 36.1 Å². The molecule has 0 saturated heterocycles. The highest BCUT2D eigenvalue weighted by atomic mass is 16.5. The first-order valence-corrected chi connectivity index (χ1v) is 5.20. The number of esters is 2. The van der Waals surface area contributed by atoms with Crippen molar-refractivity contribution in [2.75, 3.05) is 13.2 Å². The minimum absolute atomic E-state index is 0.208. The number of carbonyl (C=O) groups is 2. The van der Waals surface area contributed by atoms with Gasteiger partial charge in [-0.25, -0.2) is 0 Å². The molecule has 0 aromatic heterocycles. The van der Waals surface area contributed by atoms with Crippen LogP contribution in [0.25, 0.3) is 0 Å². The van der Waals surface area contributed by atoms with E-state index in [2.05, 4.69) is 33.2 Å². The van der Waals surface area contributed by atoms with Crippen LogP contribution in [0.1, 0.15) is 13.8 Å². The van der Waals surface area contributed by atoms with Gasteiger partial charge in [-0.3, -0.25) is 9.59 Å². The Labute approximate surface area is 107 Å². The monoisotopic (exact) mass is 246 g/mol. The highest BCUT2D eigenvalue weighted by Crippen LogP contribution is 1.78. The second-order valence-electron chi connectivity index (χ2n) is 2.95. The van der Waals surface area contributed by atoms with Gasteiger partial charge in [0.15, 0.2) is 0 Å². The summed E-state index contributed by atoms with van der Waals surface area (Å²) in [5.74, 6) is 9.80. The van der Waals surface area contributed by atoms with E-state index in [-0.39, 0.29) is 25.2 Å². The summed E-state index contributed by atoms with van der Waals surface area (Å²) in [6, 6.07) is 0. The lowest BCUT2D eigenvalue weighted by Gasteiger charge is -1.92. The summed E-state index contributed by atoms with van der Waals surface area (Å²) in [5, 5.41) is 0. The second-order valence-corrected chi connectivity index (χ2v) is 2.95. The molecule has 0 atom stereocenters. The Morgan fingerprint density at radius 2 is 1.28 bits per heavy atom. The molecule has 4 nitrogen and oxygen atoms in total. The van der Waals surface area contributed by atoms with Gasteiger partial charge in [-0.15, -0.1) is 0 Å². The van der Waals surface area contributed by atoms with Gasteiger partial charge >= 0.3 is 11.9 Å². The third-order valence-electron chi connectivity index (χ3n) is 1.37. The molecule has 0 fully saturated rings. The summed E-state index contributed by atoms with van der Waals surface area (Å²) in [7, 11) is 0. The highest BCUT2D eigenvalue weighted by Gasteiger charge is 1.85. The number of rotatable bonds is 4. The van der Waals surface area contributed by atoms with E-state index in [1.54, 1.807) is 24.3 Å². The van der Waals surface area contributed by atoms with Crippen LogP contribution in [0.5, 0.6) is 0 Å². The van der Waals surface area contributed by atoms with Gasteiger partial charge in [0.2, 0.25) is 0 Å². The zero-order valence-corrected chi connectivity index (χ0v) is 10.4. The van der Waals surface area contributed by atoms with Gasteiger partial charge < -0.3 is 9.47 Å². The minimum atomic E-state index is -0.328. The van der Waals surface area contributed by atoms with Crippen molar-refractivity contribution in [1.29, 1.82) is 0 Å². The van der Waals surface area contributed by atoms with E-state index in [4.69, 9.17) is 0 Å². The summed E-state index contributed by atoms with van der Waals surface area (Å²) in [6.07, 6.45) is 6.35. The Morgan fingerprint density at radius 1 is 0.889 bits per heavy atom. The highest BCUT2D eigenvalue weighted by molar-refractivity contribution is 5.66. The molecule has 0 rings (SSSR count). The molecule has 0 aromatic carbocycles. The van der Waals surface area contributed by atoms with Crippen LogP contribution >= 0.6 is 0 Å². The largest absolute Gasteiger partial charge is 0.462 e. The Morgan fingerprint density at radius 3 is 1.61 bits per heavy atom. The van der Waals surface area contributed by atoms with Crippen LogP contribution in [0.3, 0.4) is 0 Å². The van der Waals surface area contributed by atoms with Crippen LogP contribution in [0.2, 0.25) is 0 Å². The van der Waals surface area contributed by atoms with Crippen molar-refractivity contribution in [3.8, 4) is 23.7 Å². The molecule has 0 aromatic rings. The van der Waals surface area contributed by atoms with Crippen molar-refractivity contribution >= 4 is 11.9 Å². The first kappa shape index (κ1) is 15.5. The molecule has 0 N–H and O–H groups in total. The molecule has 0 amide bonds. The van der Waals surface area contributed by atoms with Gasteiger partial charge in [0.25, 0.3) is 0 Å². The lowest BCUT2D eigenvalue weighted by atomic mass is 10.4. The van der Waals surface area contributed by atoms with Crippen molar-refractivity contribution < 1.29 is 19.1 Å². The van der Waals surface area contributed by atoms with Crippen LogP contribution in [-0.4, -0.2) is 25.2 Å². The SMILES string of the molecule is CC(=O)OCC=CC#CC#CC=CCOC(C)=O. The molecule has 0 aliphatic carbocycles. The summed E-state index contributed by atoms with van der Waals surface area (Å²) < 4.78 is 9.30. The van der Waals surface area contributed by atoms with Gasteiger partial charge in [-0.1, -0.05) is 11.8 Å². The van der Waals surface area contributed by atoms with E-state index in [1.807, 2.05) is 0 Å². The zero-order chi connectivity index (χ0) is 13.6. The average Bonchev–Trinajstić information content (AvgIpc) is 2.29. The zero-order valence-electron chi connectivity index (χ0n) is 10.4. The molecule has 0 unspecified atom stereocenters. The maximum atomic E-state index is 10.4. The molecule has 18 heavy (non-hydrogen) atoms. The van der Waals surface area contributed by atoms with Crippen LogP contribution in [0.15, 0.2) is 24.3 Å². The molecule has 0 aliphatic rings. The van der Waals surface area contributed by atoms with Crippen molar-refractivity contribution in [1.82, 2.24) is 0 Å². The Kier molecular flexibility index (Phi) is 9.53. The number of carbonyl (C=O) groups excluding carboxylic acids is 2. The number of ether oxygens (including phenoxy) is 2. The third kappa shape index (κ3) is 13.5. The van der Waals surface area contributed by atoms with E-state index in [0.717, 1.165) is 0 Å². The van der Waals surface area contributed by atoms with Crippen molar-refractivity contribution in [3.05, 3.63) is 24.3 Å². The van der Waals surface area contributed by atoms with Crippen LogP contribution in [0, 0.1) is 23.7 Å². The van der Waals surface area contributed by atoms with Gasteiger partial charge in [-0.2, -0.15) is 0 Å². The van der Waals surface area contributed by atoms with Crippen LogP contribution < -0.4 is 0 Å². The molecular weight excluding hydrogens is 232 g/mol. The minimum Gasteiger partial charge on any atom is -0.462 e. The predicted molar refractivity (Wildman–Crippen MR) is 67.1 cm³/mol. The first-order chi connectivity index (χ1) is 8.63. The Balaban J connectivity index is 3.76. The van der Waals surface area contributed by atoms with Crippen molar-refractivity contribution in [2.24, 2.45) is 0 Å². The quantitative estimate of drug-likeness (QED) is 0.553. The van der Waals surface area contributed by atoms with Gasteiger partial charge in [0.05, 0.1) is 0 Å². The molecular formula is C14H14O4. The Hall–Kier alpha value is -2.46.